The summed E-state index contributed by atoms with van der Waals surface area (Å²) in [5, 5.41) is -0.947. The molecule has 1 aromatic heterocycles. The number of aromatic nitrogens is 2. The molecule has 0 aliphatic carbocycles. The van der Waals surface area contributed by atoms with Crippen LogP contribution in [0.15, 0.2) is 46.3 Å². The van der Waals surface area contributed by atoms with Crippen molar-refractivity contribution in [1.82, 2.24) is 8.54 Å². The molecule has 0 N–H and O–H groups in total. The van der Waals surface area contributed by atoms with Gasteiger partial charge < -0.3 is 4.74 Å². The molecule has 0 saturated heterocycles. The zero-order valence-corrected chi connectivity index (χ0v) is 13.3. The van der Waals surface area contributed by atoms with Gasteiger partial charge in [-0.05, 0) is 31.2 Å². The second-order valence-corrected chi connectivity index (χ2v) is 6.85. The van der Waals surface area contributed by atoms with Gasteiger partial charge in [-0.3, -0.25) is 4.79 Å². The molecule has 9 heteroatoms. The predicted molar refractivity (Wildman–Crippen MR) is 80.2 cm³/mol. The van der Waals surface area contributed by atoms with E-state index in [2.05, 4.69) is 0 Å². The maximum Gasteiger partial charge on any atom is 0.349 e. The molecule has 1 heterocycles. The van der Waals surface area contributed by atoms with Crippen LogP contribution in [0.25, 0.3) is 0 Å². The molecule has 2 aromatic rings. The van der Waals surface area contributed by atoms with Crippen molar-refractivity contribution in [3.8, 4) is 5.75 Å². The van der Waals surface area contributed by atoms with E-state index < -0.39 is 27.0 Å². The van der Waals surface area contributed by atoms with Crippen molar-refractivity contribution in [2.75, 3.05) is 7.11 Å². The molecule has 7 nitrogen and oxygen atoms in total. The fourth-order valence-electron chi connectivity index (χ4n) is 1.76. The Labute approximate surface area is 131 Å². The lowest BCUT2D eigenvalue weighted by Gasteiger charge is -2.06. The van der Waals surface area contributed by atoms with Gasteiger partial charge in [-0.25, -0.2) is 17.8 Å². The number of hydrogen-bond donors (Lipinski definition) is 0. The van der Waals surface area contributed by atoms with E-state index in [0.29, 0.717) is 14.3 Å². The molecule has 0 amide bonds. The van der Waals surface area contributed by atoms with Gasteiger partial charge >= 0.3 is 5.69 Å². The highest BCUT2D eigenvalue weighted by atomic mass is 35.5. The topological polar surface area (TPSA) is 87.4 Å². The lowest BCUT2D eigenvalue weighted by atomic mass is 10.3. The first-order chi connectivity index (χ1) is 10.3. The van der Waals surface area contributed by atoms with E-state index in [0.717, 1.165) is 12.4 Å². The van der Waals surface area contributed by atoms with Crippen molar-refractivity contribution in [3.05, 3.63) is 47.1 Å². The van der Waals surface area contributed by atoms with Crippen molar-refractivity contribution in [3.63, 3.8) is 0 Å². The Bertz CT molecular complexity index is 849. The lowest BCUT2D eigenvalue weighted by molar-refractivity contribution is 0.0908. The maximum atomic E-state index is 12.4. The van der Waals surface area contributed by atoms with Crippen molar-refractivity contribution in [2.45, 2.75) is 17.2 Å². The average molecular weight is 345 g/mol. The Balaban J connectivity index is 2.50. The van der Waals surface area contributed by atoms with Gasteiger partial charge in [0.15, 0.2) is 0 Å². The molecule has 118 valence electrons. The van der Waals surface area contributed by atoms with Crippen molar-refractivity contribution in [2.24, 2.45) is 0 Å². The zero-order valence-electron chi connectivity index (χ0n) is 11.8. The van der Waals surface area contributed by atoms with E-state index in [1.807, 2.05) is 0 Å². The van der Waals surface area contributed by atoms with Crippen molar-refractivity contribution >= 4 is 27.5 Å². The van der Waals surface area contributed by atoms with Crippen LogP contribution in [0.2, 0.25) is 0 Å². The van der Waals surface area contributed by atoms with E-state index >= 15 is 0 Å². The normalized spacial score (nSPS) is 12.9. The predicted octanol–water partition coefficient (Wildman–Crippen LogP) is 1.16. The van der Waals surface area contributed by atoms with Crippen LogP contribution < -0.4 is 10.4 Å². The molecule has 22 heavy (non-hydrogen) atoms. The summed E-state index contributed by atoms with van der Waals surface area (Å²) in [6.45, 7) is 1.39. The molecule has 0 aliphatic rings. The Hall–Kier alpha value is -2.06. The third-order valence-electron chi connectivity index (χ3n) is 2.94. The highest BCUT2D eigenvalue weighted by molar-refractivity contribution is 7.90. The Morgan fingerprint density at radius 1 is 1.23 bits per heavy atom. The Morgan fingerprint density at radius 2 is 1.82 bits per heavy atom. The highest BCUT2D eigenvalue weighted by Crippen LogP contribution is 2.17. The van der Waals surface area contributed by atoms with Crippen LogP contribution in [-0.4, -0.2) is 35.4 Å². The molecule has 0 fully saturated rings. The summed E-state index contributed by atoms with van der Waals surface area (Å²) in [4.78, 5) is 23.7. The minimum atomic E-state index is -4.10. The van der Waals surface area contributed by atoms with E-state index in [4.69, 9.17) is 16.3 Å². The number of methoxy groups -OCH3 is 1. The number of carbonyl (C=O) groups excluding carboxylic acids is 1. The molecule has 1 aromatic carbocycles. The van der Waals surface area contributed by atoms with Crippen LogP contribution in [0.5, 0.6) is 5.75 Å². The summed E-state index contributed by atoms with van der Waals surface area (Å²) in [6, 6.07) is 5.54. The first-order valence-electron chi connectivity index (χ1n) is 6.17. The third kappa shape index (κ3) is 2.79. The van der Waals surface area contributed by atoms with Crippen LogP contribution in [0.3, 0.4) is 0 Å². The fraction of sp³-hybridized carbons (Fsp3) is 0.231. The molecule has 0 saturated carbocycles. The first kappa shape index (κ1) is 16.3. The van der Waals surface area contributed by atoms with E-state index in [1.165, 1.54) is 38.3 Å². The minimum absolute atomic E-state index is 0.0977. The number of nitrogens with zero attached hydrogens (tertiary/aromatic N) is 2. The number of hydrogen-bond acceptors (Lipinski definition) is 5. The molecule has 0 radical (unpaired) electrons. The summed E-state index contributed by atoms with van der Waals surface area (Å²) in [5.41, 5.74) is -0.992. The van der Waals surface area contributed by atoms with Gasteiger partial charge in [-0.2, -0.15) is 3.97 Å². The maximum absolute atomic E-state index is 12.4. The zero-order chi connectivity index (χ0) is 16.5. The molecule has 0 bridgehead atoms. The van der Waals surface area contributed by atoms with Crippen LogP contribution in [0.1, 0.15) is 11.7 Å². The van der Waals surface area contributed by atoms with Crippen LogP contribution in [0.4, 0.5) is 0 Å². The van der Waals surface area contributed by atoms with Gasteiger partial charge in [-0.15, -0.1) is 11.6 Å². The van der Waals surface area contributed by atoms with E-state index in [1.54, 1.807) is 0 Å². The van der Waals surface area contributed by atoms with E-state index in [-0.39, 0.29) is 4.90 Å². The summed E-state index contributed by atoms with van der Waals surface area (Å²) < 4.78 is 31.0. The minimum Gasteiger partial charge on any atom is -0.497 e. The number of alkyl halides is 1. The molecular formula is C13H13ClN2O5S. The molecule has 2 rings (SSSR count). The van der Waals surface area contributed by atoms with Crippen LogP contribution in [0, 0.1) is 0 Å². The van der Waals surface area contributed by atoms with Gasteiger partial charge in [0.2, 0.25) is 0 Å². The smallest absolute Gasteiger partial charge is 0.349 e. The SMILES string of the molecule is COc1ccc(S(=O)(=O)n2ccn(C(=O)[C@H](C)Cl)c2=O)cc1. The highest BCUT2D eigenvalue weighted by Gasteiger charge is 2.23. The van der Waals surface area contributed by atoms with Crippen LogP contribution >= 0.6 is 11.6 Å². The van der Waals surface area contributed by atoms with Gasteiger partial charge in [-0.1, -0.05) is 0 Å². The summed E-state index contributed by atoms with van der Waals surface area (Å²) in [7, 11) is -2.65. The summed E-state index contributed by atoms with van der Waals surface area (Å²) in [6.07, 6.45) is 2.09. The number of rotatable bonds is 4. The summed E-state index contributed by atoms with van der Waals surface area (Å²) in [5.74, 6) is -0.217. The Morgan fingerprint density at radius 3 is 2.32 bits per heavy atom. The van der Waals surface area contributed by atoms with Gasteiger partial charge in [0.1, 0.15) is 11.1 Å². The van der Waals surface area contributed by atoms with Crippen molar-refractivity contribution in [1.29, 1.82) is 0 Å². The number of carbonyl (C=O) groups is 1. The quantitative estimate of drug-likeness (QED) is 0.777. The first-order valence-corrected chi connectivity index (χ1v) is 8.04. The molecule has 0 spiro atoms. The number of halogens is 1. The van der Waals surface area contributed by atoms with Gasteiger partial charge in [0.05, 0.1) is 12.0 Å². The largest absolute Gasteiger partial charge is 0.497 e. The van der Waals surface area contributed by atoms with Crippen LogP contribution in [-0.2, 0) is 10.0 Å². The molecule has 0 unspecified atom stereocenters. The number of ether oxygens (including phenoxy) is 1. The second-order valence-electron chi connectivity index (χ2n) is 4.38. The third-order valence-corrected chi connectivity index (χ3v) is 4.79. The molecule has 0 aliphatic heterocycles. The fourth-order valence-corrected chi connectivity index (χ4v) is 3.09. The average Bonchev–Trinajstić information content (AvgIpc) is 2.88. The summed E-state index contributed by atoms with van der Waals surface area (Å²) >= 11 is 5.63. The van der Waals surface area contributed by atoms with Gasteiger partial charge in [0, 0.05) is 12.4 Å². The molecular weight excluding hydrogens is 332 g/mol. The van der Waals surface area contributed by atoms with E-state index in [9.17, 15) is 18.0 Å². The Kier molecular flexibility index (Phi) is 4.43. The van der Waals surface area contributed by atoms with Crippen molar-refractivity contribution < 1.29 is 17.9 Å². The monoisotopic (exact) mass is 344 g/mol. The number of benzene rings is 1. The lowest BCUT2D eigenvalue weighted by Crippen LogP contribution is -2.34. The standard InChI is InChI=1S/C13H13ClN2O5S/c1-9(14)12(17)15-7-8-16(13(15)18)22(19,20)11-5-3-10(21-2)4-6-11/h3-9H,1-2H3/t9-/m0/s1. The van der Waals surface area contributed by atoms with Gasteiger partial charge in [0.25, 0.3) is 15.9 Å². The second kappa shape index (κ2) is 5.98. The molecule has 1 atom stereocenters. The number of imidazole rings is 1.